The third-order valence-electron chi connectivity index (χ3n) is 5.32. The molecule has 3 aromatic carbocycles. The Bertz CT molecular complexity index is 1530. The normalized spacial score (nSPS) is 11.3. The van der Waals surface area contributed by atoms with Gasteiger partial charge in [0.2, 0.25) is 5.91 Å². The van der Waals surface area contributed by atoms with E-state index in [9.17, 15) is 9.59 Å². The van der Waals surface area contributed by atoms with E-state index in [0.717, 1.165) is 21.7 Å². The highest BCUT2D eigenvalue weighted by molar-refractivity contribution is 6.07. The SMILES string of the molecule is COc1cc2c(cc1NC(=O)Cn1nc(C)c3ccccc3c1=O)oc1ccccc12. The molecule has 0 fully saturated rings. The van der Waals surface area contributed by atoms with Gasteiger partial charge in [0.1, 0.15) is 23.5 Å². The summed E-state index contributed by atoms with van der Waals surface area (Å²) < 4.78 is 12.6. The minimum Gasteiger partial charge on any atom is -0.495 e. The van der Waals surface area contributed by atoms with Crippen molar-refractivity contribution in [2.75, 3.05) is 12.4 Å². The molecule has 2 aromatic heterocycles. The fourth-order valence-electron chi connectivity index (χ4n) is 3.86. The van der Waals surface area contributed by atoms with Crippen LogP contribution in [0.4, 0.5) is 5.69 Å². The summed E-state index contributed by atoms with van der Waals surface area (Å²) in [6, 6.07) is 18.5. The van der Waals surface area contributed by atoms with Crippen LogP contribution < -0.4 is 15.6 Å². The number of fused-ring (bicyclic) bond motifs is 4. The highest BCUT2D eigenvalue weighted by atomic mass is 16.5. The number of furan rings is 1. The highest BCUT2D eigenvalue weighted by Crippen LogP contribution is 2.36. The lowest BCUT2D eigenvalue weighted by Gasteiger charge is -2.12. The van der Waals surface area contributed by atoms with Crippen LogP contribution in [-0.2, 0) is 11.3 Å². The second-order valence-corrected chi connectivity index (χ2v) is 7.29. The number of hydrogen-bond acceptors (Lipinski definition) is 5. The number of benzene rings is 3. The van der Waals surface area contributed by atoms with Crippen LogP contribution in [0.3, 0.4) is 0 Å². The summed E-state index contributed by atoms with van der Waals surface area (Å²) in [6.45, 7) is 1.60. The van der Waals surface area contributed by atoms with Gasteiger partial charge in [0.25, 0.3) is 5.56 Å². The molecular formula is C24H19N3O4. The van der Waals surface area contributed by atoms with Gasteiger partial charge < -0.3 is 14.5 Å². The number of hydrogen-bond donors (Lipinski definition) is 1. The molecule has 5 aromatic rings. The van der Waals surface area contributed by atoms with E-state index in [0.29, 0.717) is 28.1 Å². The molecule has 0 saturated carbocycles. The zero-order valence-corrected chi connectivity index (χ0v) is 17.0. The molecule has 5 rings (SSSR count). The van der Waals surface area contributed by atoms with Crippen LogP contribution >= 0.6 is 0 Å². The van der Waals surface area contributed by atoms with Crippen molar-refractivity contribution in [2.45, 2.75) is 13.5 Å². The van der Waals surface area contributed by atoms with Gasteiger partial charge in [-0.25, -0.2) is 4.68 Å². The standard InChI is InChI=1S/C24H19N3O4/c1-14-15-7-3-4-9-17(15)24(29)27(26-14)13-23(28)25-19-12-21-18(11-22(19)30-2)16-8-5-6-10-20(16)31-21/h3-12H,13H2,1-2H3,(H,25,28). The van der Waals surface area contributed by atoms with Gasteiger partial charge in [-0.05, 0) is 25.1 Å². The number of aromatic nitrogens is 2. The summed E-state index contributed by atoms with van der Waals surface area (Å²) >= 11 is 0. The average Bonchev–Trinajstić information content (AvgIpc) is 3.14. The van der Waals surface area contributed by atoms with Crippen molar-refractivity contribution in [1.29, 1.82) is 0 Å². The van der Waals surface area contributed by atoms with Gasteiger partial charge in [0.15, 0.2) is 0 Å². The summed E-state index contributed by atoms with van der Waals surface area (Å²) in [4.78, 5) is 25.5. The molecule has 0 aliphatic heterocycles. The Labute approximate surface area is 176 Å². The zero-order valence-electron chi connectivity index (χ0n) is 17.0. The number of nitrogens with zero attached hydrogens (tertiary/aromatic N) is 2. The van der Waals surface area contributed by atoms with Gasteiger partial charge in [-0.15, -0.1) is 0 Å². The molecule has 1 N–H and O–H groups in total. The number of amides is 1. The first-order valence-corrected chi connectivity index (χ1v) is 9.81. The van der Waals surface area contributed by atoms with Crippen molar-refractivity contribution in [1.82, 2.24) is 9.78 Å². The van der Waals surface area contributed by atoms with Crippen molar-refractivity contribution >= 4 is 44.3 Å². The van der Waals surface area contributed by atoms with Crippen molar-refractivity contribution in [3.05, 3.63) is 76.7 Å². The second kappa shape index (κ2) is 7.28. The molecule has 7 nitrogen and oxygen atoms in total. The predicted molar refractivity (Wildman–Crippen MR) is 120 cm³/mol. The molecule has 0 atom stereocenters. The lowest BCUT2D eigenvalue weighted by atomic mass is 10.1. The number of rotatable bonds is 4. The van der Waals surface area contributed by atoms with E-state index in [-0.39, 0.29) is 12.1 Å². The molecule has 31 heavy (non-hydrogen) atoms. The number of ether oxygens (including phenoxy) is 1. The van der Waals surface area contributed by atoms with E-state index < -0.39 is 5.91 Å². The summed E-state index contributed by atoms with van der Waals surface area (Å²) in [5, 5.41) is 10.3. The maximum absolute atomic E-state index is 12.8. The van der Waals surface area contributed by atoms with Crippen LogP contribution in [0.2, 0.25) is 0 Å². The third-order valence-corrected chi connectivity index (χ3v) is 5.32. The van der Waals surface area contributed by atoms with Gasteiger partial charge >= 0.3 is 0 Å². The lowest BCUT2D eigenvalue weighted by Crippen LogP contribution is -2.30. The topological polar surface area (TPSA) is 86.4 Å². The van der Waals surface area contributed by atoms with E-state index in [1.807, 2.05) is 49.4 Å². The van der Waals surface area contributed by atoms with Crippen LogP contribution in [0.25, 0.3) is 32.7 Å². The molecule has 0 aliphatic carbocycles. The Morgan fingerprint density at radius 3 is 2.48 bits per heavy atom. The molecule has 0 aliphatic rings. The molecule has 0 saturated heterocycles. The molecule has 0 radical (unpaired) electrons. The van der Waals surface area contributed by atoms with E-state index >= 15 is 0 Å². The van der Waals surface area contributed by atoms with Gasteiger partial charge in [0.05, 0.1) is 23.9 Å². The predicted octanol–water partition coefficient (Wildman–Crippen LogP) is 4.25. The van der Waals surface area contributed by atoms with Crippen molar-refractivity contribution in [3.63, 3.8) is 0 Å². The van der Waals surface area contributed by atoms with Crippen LogP contribution in [0.5, 0.6) is 5.75 Å². The number of para-hydroxylation sites is 1. The Kier molecular flexibility index (Phi) is 4.43. The third kappa shape index (κ3) is 3.20. The highest BCUT2D eigenvalue weighted by Gasteiger charge is 2.16. The summed E-state index contributed by atoms with van der Waals surface area (Å²) in [7, 11) is 1.54. The van der Waals surface area contributed by atoms with Crippen molar-refractivity contribution in [3.8, 4) is 5.75 Å². The summed E-state index contributed by atoms with van der Waals surface area (Å²) in [5.74, 6) is 0.112. The molecule has 2 heterocycles. The van der Waals surface area contributed by atoms with Crippen LogP contribution in [0, 0.1) is 6.92 Å². The second-order valence-electron chi connectivity index (χ2n) is 7.29. The minimum atomic E-state index is -0.391. The van der Waals surface area contributed by atoms with E-state index in [4.69, 9.17) is 9.15 Å². The summed E-state index contributed by atoms with van der Waals surface area (Å²) in [5.41, 5.74) is 2.23. The largest absolute Gasteiger partial charge is 0.495 e. The Hall–Kier alpha value is -4.13. The number of methoxy groups -OCH3 is 1. The molecule has 154 valence electrons. The van der Waals surface area contributed by atoms with Crippen molar-refractivity contribution in [2.24, 2.45) is 0 Å². The first kappa shape index (κ1) is 18.9. The number of nitrogens with one attached hydrogen (secondary N) is 1. The molecule has 0 bridgehead atoms. The van der Waals surface area contributed by atoms with Gasteiger partial charge in [-0.2, -0.15) is 5.10 Å². The monoisotopic (exact) mass is 413 g/mol. The molecule has 7 heteroatoms. The van der Waals surface area contributed by atoms with Crippen LogP contribution in [-0.4, -0.2) is 22.8 Å². The van der Waals surface area contributed by atoms with Crippen LogP contribution in [0.15, 0.2) is 69.9 Å². The number of carbonyl (C=O) groups is 1. The lowest BCUT2D eigenvalue weighted by molar-refractivity contribution is -0.117. The smallest absolute Gasteiger partial charge is 0.275 e. The molecule has 1 amide bonds. The van der Waals surface area contributed by atoms with Crippen LogP contribution in [0.1, 0.15) is 5.69 Å². The first-order valence-electron chi connectivity index (χ1n) is 9.81. The molecular weight excluding hydrogens is 394 g/mol. The fourth-order valence-corrected chi connectivity index (χ4v) is 3.86. The summed E-state index contributed by atoms with van der Waals surface area (Å²) in [6.07, 6.45) is 0. The van der Waals surface area contributed by atoms with E-state index in [1.54, 1.807) is 18.2 Å². The Morgan fingerprint density at radius 2 is 1.71 bits per heavy atom. The number of anilines is 1. The van der Waals surface area contributed by atoms with Gasteiger partial charge in [-0.1, -0.05) is 36.4 Å². The maximum Gasteiger partial charge on any atom is 0.275 e. The maximum atomic E-state index is 12.8. The molecule has 0 spiro atoms. The Balaban J connectivity index is 1.49. The molecule has 0 unspecified atom stereocenters. The number of carbonyl (C=O) groups excluding carboxylic acids is 1. The zero-order chi connectivity index (χ0) is 21.5. The fraction of sp³-hybridized carbons (Fsp3) is 0.125. The average molecular weight is 413 g/mol. The minimum absolute atomic E-state index is 0.216. The quantitative estimate of drug-likeness (QED) is 0.476. The van der Waals surface area contributed by atoms with Crippen molar-refractivity contribution < 1.29 is 13.9 Å². The van der Waals surface area contributed by atoms with E-state index in [2.05, 4.69) is 10.4 Å². The number of aryl methyl sites for hydroxylation is 1. The van der Waals surface area contributed by atoms with Gasteiger partial charge in [0, 0.05) is 22.2 Å². The first-order chi connectivity index (χ1) is 15.0. The van der Waals surface area contributed by atoms with Gasteiger partial charge in [-0.3, -0.25) is 9.59 Å². The Morgan fingerprint density at radius 1 is 1.00 bits per heavy atom. The van der Waals surface area contributed by atoms with E-state index in [1.165, 1.54) is 11.8 Å².